The SMILES string of the molecule is CC1(CNc2n[nH]c(N)n2)CCCO1. The zero-order chi connectivity index (χ0) is 10.0. The monoisotopic (exact) mass is 197 g/mol. The maximum atomic E-state index is 5.61. The van der Waals surface area contributed by atoms with Gasteiger partial charge >= 0.3 is 0 Å². The summed E-state index contributed by atoms with van der Waals surface area (Å²) in [5, 5.41) is 9.54. The molecule has 1 aliphatic heterocycles. The first-order chi connectivity index (χ1) is 6.68. The summed E-state index contributed by atoms with van der Waals surface area (Å²) in [4.78, 5) is 3.95. The molecule has 0 aromatic carbocycles. The van der Waals surface area contributed by atoms with Crippen molar-refractivity contribution in [1.29, 1.82) is 0 Å². The predicted molar refractivity (Wildman–Crippen MR) is 52.9 cm³/mol. The molecule has 78 valence electrons. The zero-order valence-corrected chi connectivity index (χ0v) is 8.21. The quantitative estimate of drug-likeness (QED) is 0.651. The Hall–Kier alpha value is -1.30. The van der Waals surface area contributed by atoms with Gasteiger partial charge in [0.15, 0.2) is 0 Å². The topological polar surface area (TPSA) is 88.9 Å². The van der Waals surface area contributed by atoms with Crippen LogP contribution in [0.3, 0.4) is 0 Å². The Labute approximate surface area is 82.2 Å². The molecular formula is C8H15N5O. The Kier molecular flexibility index (Phi) is 2.28. The lowest BCUT2D eigenvalue weighted by Crippen LogP contribution is -2.32. The van der Waals surface area contributed by atoms with Crippen molar-refractivity contribution >= 4 is 11.9 Å². The van der Waals surface area contributed by atoms with E-state index in [-0.39, 0.29) is 5.60 Å². The summed E-state index contributed by atoms with van der Waals surface area (Å²) < 4.78 is 5.61. The molecular weight excluding hydrogens is 182 g/mol. The van der Waals surface area contributed by atoms with Gasteiger partial charge < -0.3 is 15.8 Å². The molecule has 1 saturated heterocycles. The number of ether oxygens (including phenoxy) is 1. The molecule has 2 heterocycles. The fourth-order valence-electron chi connectivity index (χ4n) is 1.60. The molecule has 6 heteroatoms. The van der Waals surface area contributed by atoms with E-state index in [0.717, 1.165) is 19.4 Å². The number of nitrogens with two attached hydrogens (primary N) is 1. The van der Waals surface area contributed by atoms with E-state index in [1.165, 1.54) is 0 Å². The van der Waals surface area contributed by atoms with Crippen LogP contribution in [-0.4, -0.2) is 33.9 Å². The summed E-state index contributed by atoms with van der Waals surface area (Å²) in [6, 6.07) is 0. The Bertz CT molecular complexity index is 304. The molecule has 14 heavy (non-hydrogen) atoms. The molecule has 0 amide bonds. The lowest BCUT2D eigenvalue weighted by atomic mass is 10.0. The average molecular weight is 197 g/mol. The largest absolute Gasteiger partial charge is 0.373 e. The Morgan fingerprint density at radius 1 is 1.71 bits per heavy atom. The van der Waals surface area contributed by atoms with Gasteiger partial charge in [0, 0.05) is 13.2 Å². The van der Waals surface area contributed by atoms with E-state index in [9.17, 15) is 0 Å². The van der Waals surface area contributed by atoms with Crippen LogP contribution in [0.25, 0.3) is 0 Å². The van der Waals surface area contributed by atoms with Crippen LogP contribution >= 0.6 is 0 Å². The molecule has 0 aliphatic carbocycles. The van der Waals surface area contributed by atoms with Crippen molar-refractivity contribution in [3.63, 3.8) is 0 Å². The van der Waals surface area contributed by atoms with Crippen LogP contribution in [0.1, 0.15) is 19.8 Å². The number of H-pyrrole nitrogens is 1. The van der Waals surface area contributed by atoms with Gasteiger partial charge in [-0.05, 0) is 19.8 Å². The van der Waals surface area contributed by atoms with Crippen LogP contribution in [0, 0.1) is 0 Å². The molecule has 0 radical (unpaired) electrons. The number of hydrogen-bond acceptors (Lipinski definition) is 5. The number of nitrogens with zero attached hydrogens (tertiary/aromatic N) is 2. The maximum absolute atomic E-state index is 5.61. The number of anilines is 2. The summed E-state index contributed by atoms with van der Waals surface area (Å²) in [6.45, 7) is 3.64. The van der Waals surface area contributed by atoms with Crippen LogP contribution in [0.2, 0.25) is 0 Å². The summed E-state index contributed by atoms with van der Waals surface area (Å²) >= 11 is 0. The van der Waals surface area contributed by atoms with Gasteiger partial charge in [-0.25, -0.2) is 5.10 Å². The van der Waals surface area contributed by atoms with Gasteiger partial charge in [0.05, 0.1) is 5.60 Å². The Morgan fingerprint density at radius 2 is 2.57 bits per heavy atom. The minimum absolute atomic E-state index is 0.0879. The highest BCUT2D eigenvalue weighted by atomic mass is 16.5. The Balaban J connectivity index is 1.87. The highest BCUT2D eigenvalue weighted by Crippen LogP contribution is 2.24. The van der Waals surface area contributed by atoms with Crippen LogP contribution in [-0.2, 0) is 4.74 Å². The molecule has 2 rings (SSSR count). The fraction of sp³-hybridized carbons (Fsp3) is 0.750. The third-order valence-electron chi connectivity index (χ3n) is 2.42. The minimum atomic E-state index is -0.0879. The standard InChI is InChI=1S/C8H15N5O/c1-8(3-2-4-14-8)5-10-7-11-6(9)12-13-7/h2-5H2,1H3,(H4,9,10,11,12,13). The molecule has 4 N–H and O–H groups in total. The van der Waals surface area contributed by atoms with E-state index >= 15 is 0 Å². The van der Waals surface area contributed by atoms with Crippen molar-refractivity contribution < 1.29 is 4.74 Å². The Morgan fingerprint density at radius 3 is 3.14 bits per heavy atom. The number of aromatic amines is 1. The van der Waals surface area contributed by atoms with E-state index in [0.29, 0.717) is 18.4 Å². The normalized spacial score (nSPS) is 26.6. The lowest BCUT2D eigenvalue weighted by Gasteiger charge is -2.22. The van der Waals surface area contributed by atoms with Crippen molar-refractivity contribution in [3.05, 3.63) is 0 Å². The van der Waals surface area contributed by atoms with Crippen LogP contribution in [0.15, 0.2) is 0 Å². The average Bonchev–Trinajstić information content (AvgIpc) is 2.73. The van der Waals surface area contributed by atoms with Gasteiger partial charge in [0.1, 0.15) is 0 Å². The van der Waals surface area contributed by atoms with E-state index in [2.05, 4.69) is 27.4 Å². The van der Waals surface area contributed by atoms with Crippen molar-refractivity contribution in [1.82, 2.24) is 15.2 Å². The number of nitrogens with one attached hydrogen (secondary N) is 2. The first kappa shape index (κ1) is 9.26. The van der Waals surface area contributed by atoms with Gasteiger partial charge in [-0.3, -0.25) is 0 Å². The van der Waals surface area contributed by atoms with E-state index in [4.69, 9.17) is 10.5 Å². The molecule has 0 spiro atoms. The molecule has 1 aromatic heterocycles. The second-order valence-corrected chi connectivity index (χ2v) is 3.80. The molecule has 0 saturated carbocycles. The van der Waals surface area contributed by atoms with Gasteiger partial charge in [-0.15, -0.1) is 5.10 Å². The molecule has 1 atom stereocenters. The molecule has 1 unspecified atom stereocenters. The lowest BCUT2D eigenvalue weighted by molar-refractivity contribution is 0.0314. The zero-order valence-electron chi connectivity index (χ0n) is 8.21. The van der Waals surface area contributed by atoms with Gasteiger partial charge in [-0.2, -0.15) is 4.98 Å². The van der Waals surface area contributed by atoms with Crippen molar-refractivity contribution in [2.45, 2.75) is 25.4 Å². The smallest absolute Gasteiger partial charge is 0.243 e. The maximum Gasteiger partial charge on any atom is 0.243 e. The molecule has 1 aromatic rings. The number of nitrogen functional groups attached to an aromatic ring is 1. The molecule has 1 aliphatic rings. The van der Waals surface area contributed by atoms with E-state index in [1.807, 2.05) is 0 Å². The van der Waals surface area contributed by atoms with Crippen molar-refractivity contribution in [2.24, 2.45) is 0 Å². The van der Waals surface area contributed by atoms with Crippen molar-refractivity contribution in [3.8, 4) is 0 Å². The number of rotatable bonds is 3. The molecule has 1 fully saturated rings. The third kappa shape index (κ3) is 1.95. The number of aromatic nitrogens is 3. The van der Waals surface area contributed by atoms with Gasteiger partial charge in [0.25, 0.3) is 0 Å². The van der Waals surface area contributed by atoms with Crippen LogP contribution < -0.4 is 11.1 Å². The first-order valence-electron chi connectivity index (χ1n) is 4.74. The van der Waals surface area contributed by atoms with Crippen molar-refractivity contribution in [2.75, 3.05) is 24.2 Å². The highest BCUT2D eigenvalue weighted by molar-refractivity contribution is 5.30. The van der Waals surface area contributed by atoms with Crippen LogP contribution in [0.5, 0.6) is 0 Å². The van der Waals surface area contributed by atoms with E-state index < -0.39 is 0 Å². The molecule has 6 nitrogen and oxygen atoms in total. The van der Waals surface area contributed by atoms with Gasteiger partial charge in [-0.1, -0.05) is 0 Å². The summed E-state index contributed by atoms with van der Waals surface area (Å²) in [5.74, 6) is 0.851. The minimum Gasteiger partial charge on any atom is -0.373 e. The van der Waals surface area contributed by atoms with Crippen LogP contribution in [0.4, 0.5) is 11.9 Å². The second-order valence-electron chi connectivity index (χ2n) is 3.80. The van der Waals surface area contributed by atoms with E-state index in [1.54, 1.807) is 0 Å². The highest BCUT2D eigenvalue weighted by Gasteiger charge is 2.29. The first-order valence-corrected chi connectivity index (χ1v) is 4.74. The van der Waals surface area contributed by atoms with Gasteiger partial charge in [0.2, 0.25) is 11.9 Å². The predicted octanol–water partition coefficient (Wildman–Crippen LogP) is 0.368. The third-order valence-corrected chi connectivity index (χ3v) is 2.42. The molecule has 0 bridgehead atoms. The fourth-order valence-corrected chi connectivity index (χ4v) is 1.60. The summed E-state index contributed by atoms with van der Waals surface area (Å²) in [6.07, 6.45) is 2.19. The number of hydrogen-bond donors (Lipinski definition) is 3. The second kappa shape index (κ2) is 3.45. The summed E-state index contributed by atoms with van der Waals surface area (Å²) in [5.41, 5.74) is 5.31. The summed E-state index contributed by atoms with van der Waals surface area (Å²) in [7, 11) is 0.